The molecule has 1 amide bonds. The zero-order valence-corrected chi connectivity index (χ0v) is 21.3. The second kappa shape index (κ2) is 9.93. The predicted octanol–water partition coefficient (Wildman–Crippen LogP) is 5.94. The van der Waals surface area contributed by atoms with Crippen molar-refractivity contribution >= 4 is 23.3 Å². The quantitative estimate of drug-likeness (QED) is 0.414. The van der Waals surface area contributed by atoms with Crippen LogP contribution in [0.15, 0.2) is 72.8 Å². The average Bonchev–Trinajstić information content (AvgIpc) is 3.66. The Balaban J connectivity index is 1.21. The van der Waals surface area contributed by atoms with Crippen molar-refractivity contribution in [2.24, 2.45) is 11.8 Å². The van der Waals surface area contributed by atoms with Gasteiger partial charge in [0, 0.05) is 48.7 Å². The van der Waals surface area contributed by atoms with E-state index in [1.54, 1.807) is 0 Å². The Morgan fingerprint density at radius 1 is 1.00 bits per heavy atom. The van der Waals surface area contributed by atoms with Crippen LogP contribution in [-0.4, -0.2) is 34.7 Å². The number of hydrogen-bond donors (Lipinski definition) is 0. The summed E-state index contributed by atoms with van der Waals surface area (Å²) in [4.78, 5) is 32.7. The lowest BCUT2D eigenvalue weighted by Crippen LogP contribution is -2.38. The normalized spacial score (nSPS) is 18.5. The van der Waals surface area contributed by atoms with Gasteiger partial charge in [-0.25, -0.2) is 0 Å². The number of rotatable bonds is 7. The molecule has 1 fully saturated rings. The lowest BCUT2D eigenvalue weighted by atomic mass is 9.87. The number of carbonyl (C=O) groups excluding carboxylic acids is 2. The fourth-order valence-corrected chi connectivity index (χ4v) is 5.64. The molecule has 2 heterocycles. The summed E-state index contributed by atoms with van der Waals surface area (Å²) in [7, 11) is 0. The Kier molecular flexibility index (Phi) is 6.33. The fraction of sp³-hybridized carbons (Fsp3) is 0.303. The molecule has 0 N–H and O–H groups in total. The van der Waals surface area contributed by atoms with Crippen molar-refractivity contribution in [3.63, 3.8) is 0 Å². The molecule has 4 heteroatoms. The maximum atomic E-state index is 13.5. The molecule has 0 saturated heterocycles. The second-order valence-electron chi connectivity index (χ2n) is 10.7. The molecule has 0 bridgehead atoms. The average molecular weight is 489 g/mol. The SMILES string of the molecule is CC1CN(C(=O)c2cccc(Cc3ccccc3)c2)CC=C1c1cc(CC(=O)C2CC2)nc2c1C=CC2. The lowest BCUT2D eigenvalue weighted by Gasteiger charge is -2.32. The first-order valence-electron chi connectivity index (χ1n) is 13.4. The number of hydrogen-bond acceptors (Lipinski definition) is 3. The van der Waals surface area contributed by atoms with Gasteiger partial charge in [0.1, 0.15) is 5.78 Å². The fourth-order valence-electron chi connectivity index (χ4n) is 5.64. The molecule has 4 nitrogen and oxygen atoms in total. The molecule has 1 aliphatic heterocycles. The number of carbonyl (C=O) groups is 2. The van der Waals surface area contributed by atoms with Gasteiger partial charge in [0.2, 0.25) is 0 Å². The van der Waals surface area contributed by atoms with Crippen LogP contribution in [-0.2, 0) is 24.1 Å². The van der Waals surface area contributed by atoms with E-state index >= 15 is 0 Å². The molecule has 3 aromatic rings. The number of aromatic nitrogens is 1. The van der Waals surface area contributed by atoms with Gasteiger partial charge in [-0.05, 0) is 65.6 Å². The summed E-state index contributed by atoms with van der Waals surface area (Å²) < 4.78 is 0. The summed E-state index contributed by atoms with van der Waals surface area (Å²) in [5, 5.41) is 0. The van der Waals surface area contributed by atoms with Crippen molar-refractivity contribution in [1.29, 1.82) is 0 Å². The van der Waals surface area contributed by atoms with Crippen LogP contribution in [0.2, 0.25) is 0 Å². The summed E-state index contributed by atoms with van der Waals surface area (Å²) in [6, 6.07) is 20.5. The second-order valence-corrected chi connectivity index (χ2v) is 10.7. The van der Waals surface area contributed by atoms with Crippen molar-refractivity contribution < 1.29 is 9.59 Å². The van der Waals surface area contributed by atoms with Crippen molar-refractivity contribution in [1.82, 2.24) is 9.88 Å². The Bertz CT molecular complexity index is 1420. The summed E-state index contributed by atoms with van der Waals surface area (Å²) in [5.74, 6) is 0.835. The van der Waals surface area contributed by atoms with E-state index in [4.69, 9.17) is 4.98 Å². The third-order valence-electron chi connectivity index (χ3n) is 7.75. The van der Waals surface area contributed by atoms with Crippen LogP contribution >= 0.6 is 0 Å². The van der Waals surface area contributed by atoms with Gasteiger partial charge in [-0.15, -0.1) is 0 Å². The van der Waals surface area contributed by atoms with Gasteiger partial charge >= 0.3 is 0 Å². The minimum atomic E-state index is 0.0765. The van der Waals surface area contributed by atoms with E-state index in [-0.39, 0.29) is 17.7 Å². The molecule has 37 heavy (non-hydrogen) atoms. The number of ketones is 1. The number of nitrogens with zero attached hydrogens (tertiary/aromatic N) is 2. The number of amides is 1. The van der Waals surface area contributed by atoms with Crippen LogP contribution < -0.4 is 0 Å². The summed E-state index contributed by atoms with van der Waals surface area (Å²) in [6.45, 7) is 3.45. The van der Waals surface area contributed by atoms with E-state index in [9.17, 15) is 9.59 Å². The van der Waals surface area contributed by atoms with Crippen LogP contribution in [0, 0.1) is 11.8 Å². The van der Waals surface area contributed by atoms with Gasteiger partial charge in [0.15, 0.2) is 0 Å². The highest BCUT2D eigenvalue weighted by Gasteiger charge is 2.31. The van der Waals surface area contributed by atoms with Crippen molar-refractivity contribution in [3.8, 4) is 0 Å². The molecular weight excluding hydrogens is 456 g/mol. The van der Waals surface area contributed by atoms with Crippen LogP contribution in [0.25, 0.3) is 11.6 Å². The summed E-state index contributed by atoms with van der Waals surface area (Å²) in [5.41, 5.74) is 8.69. The Morgan fingerprint density at radius 2 is 1.81 bits per heavy atom. The molecule has 1 aromatic heterocycles. The molecule has 1 atom stereocenters. The van der Waals surface area contributed by atoms with Crippen LogP contribution in [0.4, 0.5) is 0 Å². The monoisotopic (exact) mass is 488 g/mol. The zero-order chi connectivity index (χ0) is 25.4. The number of benzene rings is 2. The Hall–Kier alpha value is -3.79. The van der Waals surface area contributed by atoms with Crippen LogP contribution in [0.5, 0.6) is 0 Å². The molecule has 186 valence electrons. The molecule has 3 aliphatic rings. The standard InChI is InChI=1S/C33H32N2O2/c1-22-21-35(33(37)26-10-5-9-24(18-26)17-23-7-3-2-4-8-23)16-15-28(22)30-19-27(20-32(36)25-13-14-25)34-31-12-6-11-29(30)31/h2-11,15,18-19,22,25H,12-14,16-17,20-21H2,1H3. The largest absolute Gasteiger partial charge is 0.334 e. The molecule has 1 unspecified atom stereocenters. The predicted molar refractivity (Wildman–Crippen MR) is 147 cm³/mol. The smallest absolute Gasteiger partial charge is 0.254 e. The molecule has 1 saturated carbocycles. The first-order chi connectivity index (χ1) is 18.0. The number of Topliss-reactive ketones (excluding diaryl/α,β-unsaturated/α-hetero) is 1. The van der Waals surface area contributed by atoms with Crippen LogP contribution in [0.1, 0.15) is 63.8 Å². The van der Waals surface area contributed by atoms with E-state index in [1.165, 1.54) is 22.3 Å². The first-order valence-corrected chi connectivity index (χ1v) is 13.4. The van der Waals surface area contributed by atoms with Gasteiger partial charge < -0.3 is 4.90 Å². The van der Waals surface area contributed by atoms with Gasteiger partial charge in [-0.3, -0.25) is 14.6 Å². The number of allylic oxidation sites excluding steroid dienone is 1. The number of fused-ring (bicyclic) bond motifs is 1. The highest BCUT2D eigenvalue weighted by Crippen LogP contribution is 2.36. The lowest BCUT2D eigenvalue weighted by molar-refractivity contribution is -0.119. The van der Waals surface area contributed by atoms with Crippen molar-refractivity contribution in [3.05, 3.63) is 112 Å². The van der Waals surface area contributed by atoms with Crippen molar-refractivity contribution in [2.75, 3.05) is 13.1 Å². The van der Waals surface area contributed by atoms with Crippen molar-refractivity contribution in [2.45, 2.75) is 39.0 Å². The van der Waals surface area contributed by atoms with E-state index in [1.807, 2.05) is 41.3 Å². The Labute approximate surface area is 218 Å². The molecular formula is C33H32N2O2. The topological polar surface area (TPSA) is 50.3 Å². The van der Waals surface area contributed by atoms with E-state index < -0.39 is 0 Å². The molecule has 6 rings (SSSR count). The minimum absolute atomic E-state index is 0.0765. The Morgan fingerprint density at radius 3 is 2.59 bits per heavy atom. The molecule has 2 aromatic carbocycles. The maximum absolute atomic E-state index is 13.5. The minimum Gasteiger partial charge on any atom is -0.334 e. The summed E-state index contributed by atoms with van der Waals surface area (Å²) in [6.07, 6.45) is 10.6. The third kappa shape index (κ3) is 5.06. The van der Waals surface area contributed by atoms with Gasteiger partial charge in [-0.1, -0.05) is 67.6 Å². The van der Waals surface area contributed by atoms with E-state index in [0.29, 0.717) is 25.3 Å². The van der Waals surface area contributed by atoms with Crippen LogP contribution in [0.3, 0.4) is 0 Å². The third-order valence-corrected chi connectivity index (χ3v) is 7.75. The van der Waals surface area contributed by atoms with Gasteiger partial charge in [-0.2, -0.15) is 0 Å². The van der Waals surface area contributed by atoms with Gasteiger partial charge in [0.25, 0.3) is 5.91 Å². The molecule has 2 aliphatic carbocycles. The zero-order valence-electron chi connectivity index (χ0n) is 21.3. The van der Waals surface area contributed by atoms with Gasteiger partial charge in [0.05, 0.1) is 5.69 Å². The summed E-state index contributed by atoms with van der Waals surface area (Å²) >= 11 is 0. The van der Waals surface area contributed by atoms with E-state index in [2.05, 4.69) is 49.4 Å². The highest BCUT2D eigenvalue weighted by atomic mass is 16.2. The van der Waals surface area contributed by atoms with E-state index in [0.717, 1.165) is 48.2 Å². The first kappa shape index (κ1) is 23.6. The number of pyridine rings is 1. The maximum Gasteiger partial charge on any atom is 0.254 e. The molecule has 0 radical (unpaired) electrons. The molecule has 0 spiro atoms. The highest BCUT2D eigenvalue weighted by molar-refractivity contribution is 5.95.